The Morgan fingerprint density at radius 3 is 2.68 bits per heavy atom. The Bertz CT molecular complexity index is 564. The molecule has 0 unspecified atom stereocenters. The van der Waals surface area contributed by atoms with Crippen LogP contribution in [0.15, 0.2) is 22.7 Å². The van der Waals surface area contributed by atoms with Crippen molar-refractivity contribution in [1.29, 1.82) is 0 Å². The first-order valence-corrected chi connectivity index (χ1v) is 8.15. The van der Waals surface area contributed by atoms with E-state index in [1.165, 1.54) is 0 Å². The van der Waals surface area contributed by atoms with E-state index in [1.807, 2.05) is 32.0 Å². The lowest BCUT2D eigenvalue weighted by molar-refractivity contribution is -0.144. The molecular weight excluding hydrogens is 368 g/mol. The number of amides is 1. The zero-order valence-electron chi connectivity index (χ0n) is 12.6. The normalized spacial score (nSPS) is 9.95. The fourth-order valence-electron chi connectivity index (χ4n) is 1.57. The average molecular weight is 387 g/mol. The molecule has 0 spiro atoms. The summed E-state index contributed by atoms with van der Waals surface area (Å²) in [6.45, 7) is 4.27. The molecule has 5 nitrogen and oxygen atoms in total. The van der Waals surface area contributed by atoms with Crippen LogP contribution in [0.2, 0.25) is 0 Å². The zero-order chi connectivity index (χ0) is 16.5. The van der Waals surface area contributed by atoms with Crippen LogP contribution in [0, 0.1) is 6.92 Å². The van der Waals surface area contributed by atoms with Gasteiger partial charge >= 0.3 is 5.97 Å². The number of ether oxygens (including phenoxy) is 1. The molecular formula is C15H19BrN2O3S. The van der Waals surface area contributed by atoms with Crippen LogP contribution in [0.5, 0.6) is 0 Å². The highest BCUT2D eigenvalue weighted by atomic mass is 79.9. The third-order valence-electron chi connectivity index (χ3n) is 2.65. The Morgan fingerprint density at radius 1 is 1.32 bits per heavy atom. The Hall–Kier alpha value is -1.47. The summed E-state index contributed by atoms with van der Waals surface area (Å²) in [4.78, 5) is 23.0. The predicted molar refractivity (Wildman–Crippen MR) is 93.7 cm³/mol. The quantitative estimate of drug-likeness (QED) is 0.579. The number of halogens is 1. The maximum absolute atomic E-state index is 11.7. The van der Waals surface area contributed by atoms with Crippen LogP contribution in [0.3, 0.4) is 0 Å². The lowest BCUT2D eigenvalue weighted by atomic mass is 10.2. The van der Waals surface area contributed by atoms with Gasteiger partial charge in [0.1, 0.15) is 0 Å². The van der Waals surface area contributed by atoms with Crippen LogP contribution in [-0.4, -0.2) is 23.6 Å². The molecule has 120 valence electrons. The molecule has 0 aliphatic carbocycles. The third-order valence-corrected chi connectivity index (χ3v) is 3.51. The number of aryl methyl sites for hydroxylation is 1. The van der Waals surface area contributed by atoms with Crippen molar-refractivity contribution in [3.63, 3.8) is 0 Å². The van der Waals surface area contributed by atoms with E-state index in [0.29, 0.717) is 6.61 Å². The van der Waals surface area contributed by atoms with Gasteiger partial charge in [0.2, 0.25) is 5.91 Å². The molecule has 22 heavy (non-hydrogen) atoms. The minimum absolute atomic E-state index is 0.0411. The van der Waals surface area contributed by atoms with E-state index < -0.39 is 0 Å². The number of rotatable bonds is 6. The molecule has 0 atom stereocenters. The summed E-state index contributed by atoms with van der Waals surface area (Å²) >= 11 is 8.49. The highest BCUT2D eigenvalue weighted by Crippen LogP contribution is 2.23. The second-order valence-electron chi connectivity index (χ2n) is 4.71. The van der Waals surface area contributed by atoms with Crippen molar-refractivity contribution in [2.24, 2.45) is 0 Å². The number of esters is 1. The van der Waals surface area contributed by atoms with Gasteiger partial charge in [0, 0.05) is 10.9 Å². The first kappa shape index (κ1) is 18.6. The Kier molecular flexibility index (Phi) is 8.05. The summed E-state index contributed by atoms with van der Waals surface area (Å²) in [5.41, 5.74) is 1.87. The molecule has 1 aromatic carbocycles. The zero-order valence-corrected chi connectivity index (χ0v) is 15.0. The van der Waals surface area contributed by atoms with Crippen molar-refractivity contribution < 1.29 is 14.3 Å². The molecule has 7 heteroatoms. The van der Waals surface area contributed by atoms with Crippen molar-refractivity contribution in [3.8, 4) is 0 Å². The number of hydrogen-bond donors (Lipinski definition) is 2. The van der Waals surface area contributed by atoms with E-state index in [9.17, 15) is 9.59 Å². The van der Waals surface area contributed by atoms with Crippen LogP contribution in [0.1, 0.15) is 31.7 Å². The van der Waals surface area contributed by atoms with Gasteiger partial charge in [0.05, 0.1) is 18.7 Å². The number of anilines is 1. The summed E-state index contributed by atoms with van der Waals surface area (Å²) in [7, 11) is 0. The van der Waals surface area contributed by atoms with Gasteiger partial charge in [-0.15, -0.1) is 0 Å². The molecule has 1 aromatic rings. The number of hydrogen-bond acceptors (Lipinski definition) is 4. The van der Waals surface area contributed by atoms with E-state index >= 15 is 0 Å². The summed E-state index contributed by atoms with van der Waals surface area (Å²) in [5, 5.41) is 5.65. The molecule has 0 aromatic heterocycles. The van der Waals surface area contributed by atoms with Gasteiger partial charge in [-0.05, 0) is 59.2 Å². The number of benzene rings is 1. The second kappa shape index (κ2) is 9.53. The third kappa shape index (κ3) is 7.00. The van der Waals surface area contributed by atoms with Crippen molar-refractivity contribution in [1.82, 2.24) is 5.32 Å². The molecule has 0 fully saturated rings. The van der Waals surface area contributed by atoms with E-state index in [-0.39, 0.29) is 29.8 Å². The molecule has 1 amide bonds. The lowest BCUT2D eigenvalue weighted by Gasteiger charge is -2.11. The molecule has 0 bridgehead atoms. The summed E-state index contributed by atoms with van der Waals surface area (Å²) in [6, 6.07) is 5.73. The smallest absolute Gasteiger partial charge is 0.306 e. The summed E-state index contributed by atoms with van der Waals surface area (Å²) < 4.78 is 5.75. The lowest BCUT2D eigenvalue weighted by Crippen LogP contribution is -2.34. The highest BCUT2D eigenvalue weighted by Gasteiger charge is 2.10. The van der Waals surface area contributed by atoms with Crippen LogP contribution >= 0.6 is 28.1 Å². The SMILES string of the molecule is CCCOC(=O)CCC(=O)NC(=S)Nc1ccc(C)cc1Br. The number of nitrogens with one attached hydrogen (secondary N) is 2. The minimum Gasteiger partial charge on any atom is -0.466 e. The minimum atomic E-state index is -0.378. The van der Waals surface area contributed by atoms with Gasteiger partial charge in [0.25, 0.3) is 0 Å². The Morgan fingerprint density at radius 2 is 2.05 bits per heavy atom. The molecule has 0 heterocycles. The van der Waals surface area contributed by atoms with Crippen LogP contribution in [0.25, 0.3) is 0 Å². The van der Waals surface area contributed by atoms with Gasteiger partial charge in [-0.25, -0.2) is 0 Å². The van der Waals surface area contributed by atoms with E-state index in [1.54, 1.807) is 0 Å². The maximum Gasteiger partial charge on any atom is 0.306 e. The first-order chi connectivity index (χ1) is 10.4. The average Bonchev–Trinajstić information content (AvgIpc) is 2.46. The van der Waals surface area contributed by atoms with Crippen LogP contribution in [0.4, 0.5) is 5.69 Å². The monoisotopic (exact) mass is 386 g/mol. The van der Waals surface area contributed by atoms with E-state index in [2.05, 4.69) is 26.6 Å². The molecule has 1 rings (SSSR count). The Balaban J connectivity index is 2.38. The maximum atomic E-state index is 11.7. The van der Waals surface area contributed by atoms with Crippen LogP contribution < -0.4 is 10.6 Å². The molecule has 0 saturated carbocycles. The molecule has 0 radical (unpaired) electrons. The van der Waals surface area contributed by atoms with Gasteiger partial charge in [-0.2, -0.15) is 0 Å². The van der Waals surface area contributed by atoms with Crippen molar-refractivity contribution >= 4 is 50.8 Å². The van der Waals surface area contributed by atoms with E-state index in [0.717, 1.165) is 22.1 Å². The van der Waals surface area contributed by atoms with Crippen molar-refractivity contribution in [2.45, 2.75) is 33.1 Å². The van der Waals surface area contributed by atoms with Crippen molar-refractivity contribution in [2.75, 3.05) is 11.9 Å². The number of carbonyl (C=O) groups is 2. The van der Waals surface area contributed by atoms with Gasteiger partial charge < -0.3 is 15.4 Å². The highest BCUT2D eigenvalue weighted by molar-refractivity contribution is 9.10. The van der Waals surface area contributed by atoms with Gasteiger partial charge in [-0.3, -0.25) is 9.59 Å². The molecule has 2 N–H and O–H groups in total. The predicted octanol–water partition coefficient (Wildman–Crippen LogP) is 3.30. The molecule has 0 aliphatic heterocycles. The second-order valence-corrected chi connectivity index (χ2v) is 5.97. The van der Waals surface area contributed by atoms with Gasteiger partial charge in [0.15, 0.2) is 5.11 Å². The van der Waals surface area contributed by atoms with Gasteiger partial charge in [-0.1, -0.05) is 13.0 Å². The standard InChI is InChI=1S/C15H19BrN2O3S/c1-3-8-21-14(20)7-6-13(19)18-15(22)17-12-5-4-10(2)9-11(12)16/h4-5,9H,3,6-8H2,1-2H3,(H2,17,18,19,22). The largest absolute Gasteiger partial charge is 0.466 e. The molecule has 0 saturated heterocycles. The van der Waals surface area contributed by atoms with E-state index in [4.69, 9.17) is 17.0 Å². The number of thiocarbonyl (C=S) groups is 1. The summed E-state index contributed by atoms with van der Waals surface area (Å²) in [6.07, 6.45) is 0.847. The number of carbonyl (C=O) groups excluding carboxylic acids is 2. The van der Waals surface area contributed by atoms with Crippen molar-refractivity contribution in [3.05, 3.63) is 28.2 Å². The Labute approximate surface area is 143 Å². The fourth-order valence-corrected chi connectivity index (χ4v) is 2.38. The first-order valence-electron chi connectivity index (χ1n) is 6.95. The molecule has 0 aliphatic rings. The fraction of sp³-hybridized carbons (Fsp3) is 0.400. The summed E-state index contributed by atoms with van der Waals surface area (Å²) in [5.74, 6) is -0.702. The van der Waals surface area contributed by atoms with Crippen LogP contribution in [-0.2, 0) is 14.3 Å². The topological polar surface area (TPSA) is 67.4 Å².